The predicted molar refractivity (Wildman–Crippen MR) is 92.7 cm³/mol. The van der Waals surface area contributed by atoms with Crippen LogP contribution in [0.4, 0.5) is 0 Å². The third kappa shape index (κ3) is 3.23. The first-order chi connectivity index (χ1) is 11.7. The first-order valence-electron chi connectivity index (χ1n) is 8.63. The zero-order chi connectivity index (χ0) is 16.5. The first kappa shape index (κ1) is 15.8. The van der Waals surface area contributed by atoms with Crippen molar-refractivity contribution in [3.63, 3.8) is 0 Å². The molecule has 2 aromatic rings. The highest BCUT2D eigenvalue weighted by molar-refractivity contribution is 7.10. The maximum Gasteiger partial charge on any atom is 0.219 e. The molecule has 24 heavy (non-hydrogen) atoms. The minimum Gasteiger partial charge on any atom is -0.343 e. The minimum absolute atomic E-state index is 0.172. The van der Waals surface area contributed by atoms with Crippen LogP contribution in [0.25, 0.3) is 0 Å². The van der Waals surface area contributed by atoms with Gasteiger partial charge in [0.1, 0.15) is 0 Å². The molecule has 0 bridgehead atoms. The Morgan fingerprint density at radius 3 is 2.96 bits per heavy atom. The summed E-state index contributed by atoms with van der Waals surface area (Å²) in [6.45, 7) is 6.26. The summed E-state index contributed by atoms with van der Waals surface area (Å²) < 4.78 is 2.01. The molecule has 0 N–H and O–H groups in total. The van der Waals surface area contributed by atoms with E-state index in [0.717, 1.165) is 57.7 Å². The molecule has 0 radical (unpaired) electrons. The van der Waals surface area contributed by atoms with Crippen molar-refractivity contribution >= 4 is 17.2 Å². The zero-order valence-electron chi connectivity index (χ0n) is 14.0. The summed E-state index contributed by atoms with van der Waals surface area (Å²) in [5, 5.41) is 10.9. The average molecular weight is 345 g/mol. The van der Waals surface area contributed by atoms with E-state index in [1.54, 1.807) is 6.92 Å². The second-order valence-electron chi connectivity index (χ2n) is 6.76. The van der Waals surface area contributed by atoms with E-state index in [-0.39, 0.29) is 5.91 Å². The van der Waals surface area contributed by atoms with Gasteiger partial charge in [-0.05, 0) is 36.3 Å². The van der Waals surface area contributed by atoms with Crippen LogP contribution in [0.5, 0.6) is 0 Å². The predicted octanol–water partition coefficient (Wildman–Crippen LogP) is 2.08. The van der Waals surface area contributed by atoms with E-state index in [4.69, 9.17) is 0 Å². The van der Waals surface area contributed by atoms with Gasteiger partial charge in [0, 0.05) is 44.5 Å². The number of carbonyl (C=O) groups is 1. The number of aromatic nitrogens is 3. The van der Waals surface area contributed by atoms with Crippen LogP contribution in [0, 0.1) is 0 Å². The molecule has 6 nitrogen and oxygen atoms in total. The van der Waals surface area contributed by atoms with E-state index in [2.05, 4.69) is 32.9 Å². The van der Waals surface area contributed by atoms with Gasteiger partial charge in [0.2, 0.25) is 5.91 Å². The van der Waals surface area contributed by atoms with Crippen molar-refractivity contribution < 1.29 is 4.79 Å². The molecule has 128 valence electrons. The van der Waals surface area contributed by atoms with Gasteiger partial charge >= 0.3 is 0 Å². The molecule has 4 rings (SSSR count). The number of hydrogen-bond donors (Lipinski definition) is 0. The number of carbonyl (C=O) groups excluding carboxylic acids is 1. The van der Waals surface area contributed by atoms with E-state index in [9.17, 15) is 4.79 Å². The van der Waals surface area contributed by atoms with Crippen LogP contribution in [-0.2, 0) is 24.3 Å². The molecule has 0 atom stereocenters. The number of fused-ring (bicyclic) bond motifs is 1. The van der Waals surface area contributed by atoms with Crippen molar-refractivity contribution in [2.75, 3.05) is 19.6 Å². The Labute approximate surface area is 146 Å². The van der Waals surface area contributed by atoms with Gasteiger partial charge in [-0.2, -0.15) is 0 Å². The fraction of sp³-hybridized carbons (Fsp3) is 0.588. The molecule has 0 aliphatic carbocycles. The molecular formula is C17H23N5OS. The fourth-order valence-electron chi connectivity index (χ4n) is 3.68. The number of rotatable bonds is 3. The van der Waals surface area contributed by atoms with E-state index in [1.807, 2.05) is 20.9 Å². The third-order valence-corrected chi connectivity index (χ3v) is 6.14. The molecule has 0 spiro atoms. The molecule has 0 saturated carbocycles. The summed E-state index contributed by atoms with van der Waals surface area (Å²) in [6.07, 6.45) is 5.16. The van der Waals surface area contributed by atoms with Crippen molar-refractivity contribution in [3.05, 3.63) is 33.8 Å². The van der Waals surface area contributed by atoms with Gasteiger partial charge in [0.25, 0.3) is 0 Å². The highest BCUT2D eigenvalue weighted by Crippen LogP contribution is 2.25. The standard InChI is InChI=1S/C17H23N5OS/c1-13(23)21-7-2-16(3-8-21)22-12-15(18-19-22)11-20-6-4-17-14(10-20)5-9-24-17/h5,9,12,16H,2-4,6-8,10-11H2,1H3. The number of thiophene rings is 1. The van der Waals surface area contributed by atoms with Crippen LogP contribution < -0.4 is 0 Å². The maximum atomic E-state index is 11.4. The van der Waals surface area contributed by atoms with Gasteiger partial charge in [0.05, 0.1) is 17.9 Å². The van der Waals surface area contributed by atoms with Crippen LogP contribution in [0.1, 0.15) is 41.9 Å². The van der Waals surface area contributed by atoms with Gasteiger partial charge in [-0.25, -0.2) is 4.68 Å². The van der Waals surface area contributed by atoms with E-state index >= 15 is 0 Å². The molecule has 7 heteroatoms. The molecule has 4 heterocycles. The van der Waals surface area contributed by atoms with Gasteiger partial charge in [-0.3, -0.25) is 9.69 Å². The van der Waals surface area contributed by atoms with Gasteiger partial charge in [-0.15, -0.1) is 16.4 Å². The number of likely N-dealkylation sites (tertiary alicyclic amines) is 1. The summed E-state index contributed by atoms with van der Waals surface area (Å²) in [4.78, 5) is 17.3. The zero-order valence-corrected chi connectivity index (χ0v) is 14.8. The number of nitrogens with zero attached hydrogens (tertiary/aromatic N) is 5. The summed E-state index contributed by atoms with van der Waals surface area (Å²) in [5.41, 5.74) is 2.51. The Morgan fingerprint density at radius 2 is 2.17 bits per heavy atom. The highest BCUT2D eigenvalue weighted by atomic mass is 32.1. The minimum atomic E-state index is 0.172. The van der Waals surface area contributed by atoms with Crippen LogP contribution in [-0.4, -0.2) is 50.3 Å². The SMILES string of the molecule is CC(=O)N1CCC(n2cc(CN3CCc4sccc4C3)nn2)CC1. The molecule has 1 fully saturated rings. The number of amides is 1. The quantitative estimate of drug-likeness (QED) is 0.855. The number of piperidine rings is 1. The van der Waals surface area contributed by atoms with Gasteiger partial charge in [-0.1, -0.05) is 5.21 Å². The number of hydrogen-bond acceptors (Lipinski definition) is 5. The topological polar surface area (TPSA) is 54.3 Å². The smallest absolute Gasteiger partial charge is 0.219 e. The van der Waals surface area contributed by atoms with E-state index in [0.29, 0.717) is 6.04 Å². The van der Waals surface area contributed by atoms with Gasteiger partial charge in [0.15, 0.2) is 0 Å². The summed E-state index contributed by atoms with van der Waals surface area (Å²) in [7, 11) is 0. The maximum absolute atomic E-state index is 11.4. The first-order valence-corrected chi connectivity index (χ1v) is 9.51. The van der Waals surface area contributed by atoms with Gasteiger partial charge < -0.3 is 4.90 Å². The molecular weight excluding hydrogens is 322 g/mol. The lowest BCUT2D eigenvalue weighted by Gasteiger charge is -2.31. The lowest BCUT2D eigenvalue weighted by Crippen LogP contribution is -2.37. The average Bonchev–Trinajstić information content (AvgIpc) is 3.24. The van der Waals surface area contributed by atoms with Crippen LogP contribution in [0.3, 0.4) is 0 Å². The van der Waals surface area contributed by atoms with Crippen molar-refractivity contribution in [2.45, 2.75) is 45.3 Å². The molecule has 1 amide bonds. The summed E-state index contributed by atoms with van der Waals surface area (Å²) in [5.74, 6) is 0.172. The molecule has 0 aromatic carbocycles. The second-order valence-corrected chi connectivity index (χ2v) is 7.76. The molecule has 2 aliphatic heterocycles. The fourth-order valence-corrected chi connectivity index (χ4v) is 4.57. The highest BCUT2D eigenvalue weighted by Gasteiger charge is 2.23. The van der Waals surface area contributed by atoms with E-state index < -0.39 is 0 Å². The van der Waals surface area contributed by atoms with Crippen LogP contribution in [0.2, 0.25) is 0 Å². The van der Waals surface area contributed by atoms with E-state index in [1.165, 1.54) is 10.4 Å². The lowest BCUT2D eigenvalue weighted by atomic mass is 10.1. The normalized spacial score (nSPS) is 19.5. The van der Waals surface area contributed by atoms with Crippen molar-refractivity contribution in [3.8, 4) is 0 Å². The molecule has 0 unspecified atom stereocenters. The Balaban J connectivity index is 1.35. The van der Waals surface area contributed by atoms with Crippen LogP contribution >= 0.6 is 11.3 Å². The lowest BCUT2D eigenvalue weighted by molar-refractivity contribution is -0.130. The van der Waals surface area contributed by atoms with Crippen molar-refractivity contribution in [1.82, 2.24) is 24.8 Å². The van der Waals surface area contributed by atoms with Crippen molar-refractivity contribution in [2.24, 2.45) is 0 Å². The molecule has 1 saturated heterocycles. The second kappa shape index (κ2) is 6.64. The Morgan fingerprint density at radius 1 is 1.33 bits per heavy atom. The Kier molecular flexibility index (Phi) is 4.37. The van der Waals surface area contributed by atoms with Crippen LogP contribution in [0.15, 0.2) is 17.6 Å². The monoisotopic (exact) mass is 345 g/mol. The summed E-state index contributed by atoms with van der Waals surface area (Å²) >= 11 is 1.87. The van der Waals surface area contributed by atoms with Crippen molar-refractivity contribution in [1.29, 1.82) is 0 Å². The molecule has 2 aromatic heterocycles. The summed E-state index contributed by atoms with van der Waals surface area (Å²) in [6, 6.07) is 2.61. The Hall–Kier alpha value is -1.73. The molecule has 2 aliphatic rings. The largest absolute Gasteiger partial charge is 0.343 e. The third-order valence-electron chi connectivity index (χ3n) is 5.11. The Bertz CT molecular complexity index is 716.